The number of hydrogen-bond donors (Lipinski definition) is 1. The largest absolute Gasteiger partial charge is 0.398 e. The van der Waals surface area contributed by atoms with Crippen molar-refractivity contribution in [3.05, 3.63) is 35.5 Å². The van der Waals surface area contributed by atoms with Gasteiger partial charge in [-0.25, -0.2) is 0 Å². The Morgan fingerprint density at radius 2 is 2.26 bits per heavy atom. The van der Waals surface area contributed by atoms with Crippen molar-refractivity contribution in [2.24, 2.45) is 0 Å². The van der Waals surface area contributed by atoms with E-state index >= 15 is 0 Å². The summed E-state index contributed by atoms with van der Waals surface area (Å²) in [5.74, 6) is 1.33. The van der Waals surface area contributed by atoms with E-state index in [1.165, 1.54) is 11.3 Å². The minimum Gasteiger partial charge on any atom is -0.398 e. The number of rotatable bonds is 2. The molecule has 2 heterocycles. The Labute approximate surface area is 118 Å². The van der Waals surface area contributed by atoms with Gasteiger partial charge in [-0.15, -0.1) is 12.4 Å². The molecule has 2 aromatic rings. The van der Waals surface area contributed by atoms with E-state index in [0.29, 0.717) is 18.3 Å². The Morgan fingerprint density at radius 1 is 1.42 bits per heavy atom. The molecule has 0 aliphatic carbocycles. The number of halogens is 1. The minimum atomic E-state index is 0. The molecule has 2 N–H and O–H groups in total. The van der Waals surface area contributed by atoms with Crippen LogP contribution in [0.25, 0.3) is 0 Å². The molecule has 0 amide bonds. The first-order valence-electron chi connectivity index (χ1n) is 6.15. The average Bonchev–Trinajstić information content (AvgIpc) is 2.76. The number of aryl methyl sites for hydroxylation is 1. The molecular formula is C13H17ClN4O. The molecule has 0 bridgehead atoms. The van der Waals surface area contributed by atoms with Crippen LogP contribution in [0, 0.1) is 6.92 Å². The fourth-order valence-electron chi connectivity index (χ4n) is 2.46. The highest BCUT2D eigenvalue weighted by Crippen LogP contribution is 2.31. The molecule has 0 spiro atoms. The Kier molecular flexibility index (Phi) is 3.95. The Balaban J connectivity index is 0.00000133. The molecule has 1 aliphatic heterocycles. The highest BCUT2D eigenvalue weighted by molar-refractivity contribution is 5.85. The van der Waals surface area contributed by atoms with Gasteiger partial charge in [-0.05, 0) is 37.5 Å². The first kappa shape index (κ1) is 13.7. The molecule has 1 aliphatic rings. The van der Waals surface area contributed by atoms with Crippen LogP contribution in [-0.2, 0) is 13.0 Å². The Morgan fingerprint density at radius 3 is 3.00 bits per heavy atom. The molecule has 1 aromatic carbocycles. The van der Waals surface area contributed by atoms with Crippen molar-refractivity contribution in [1.82, 2.24) is 10.1 Å². The lowest BCUT2D eigenvalue weighted by molar-refractivity contribution is 0.371. The van der Waals surface area contributed by atoms with Crippen molar-refractivity contribution < 1.29 is 4.52 Å². The summed E-state index contributed by atoms with van der Waals surface area (Å²) in [7, 11) is 0. The third kappa shape index (κ3) is 2.66. The SMILES string of the molecule is Cc1noc(CN2CCCc3c(N)cccc32)n1.Cl. The van der Waals surface area contributed by atoms with Crippen LogP contribution in [0.2, 0.25) is 0 Å². The molecule has 6 heteroatoms. The minimum absolute atomic E-state index is 0. The van der Waals surface area contributed by atoms with Crippen molar-refractivity contribution in [3.63, 3.8) is 0 Å². The van der Waals surface area contributed by atoms with Gasteiger partial charge < -0.3 is 15.2 Å². The molecular weight excluding hydrogens is 264 g/mol. The van der Waals surface area contributed by atoms with Gasteiger partial charge in [0.25, 0.3) is 0 Å². The van der Waals surface area contributed by atoms with Crippen LogP contribution >= 0.6 is 12.4 Å². The lowest BCUT2D eigenvalue weighted by Crippen LogP contribution is -2.29. The first-order valence-corrected chi connectivity index (χ1v) is 6.15. The van der Waals surface area contributed by atoms with Gasteiger partial charge >= 0.3 is 0 Å². The number of nitrogen functional groups attached to an aromatic ring is 1. The highest BCUT2D eigenvalue weighted by atomic mass is 35.5. The summed E-state index contributed by atoms with van der Waals surface area (Å²) in [4.78, 5) is 6.50. The number of benzene rings is 1. The van der Waals surface area contributed by atoms with Crippen molar-refractivity contribution >= 4 is 23.8 Å². The van der Waals surface area contributed by atoms with Crippen molar-refractivity contribution in [2.45, 2.75) is 26.3 Å². The fraction of sp³-hybridized carbons (Fsp3) is 0.385. The molecule has 3 rings (SSSR count). The molecule has 0 radical (unpaired) electrons. The van der Waals surface area contributed by atoms with Gasteiger partial charge in [0.15, 0.2) is 5.82 Å². The zero-order chi connectivity index (χ0) is 12.5. The predicted molar refractivity (Wildman–Crippen MR) is 76.5 cm³/mol. The molecule has 19 heavy (non-hydrogen) atoms. The summed E-state index contributed by atoms with van der Waals surface area (Å²) in [6.45, 7) is 3.48. The van der Waals surface area contributed by atoms with Crippen LogP contribution in [0.1, 0.15) is 23.7 Å². The third-order valence-electron chi connectivity index (χ3n) is 3.28. The topological polar surface area (TPSA) is 68.2 Å². The second-order valence-electron chi connectivity index (χ2n) is 4.61. The first-order chi connectivity index (χ1) is 8.74. The third-order valence-corrected chi connectivity index (χ3v) is 3.28. The standard InChI is InChI=1S/C13H16N4O.ClH/c1-9-15-13(18-16-9)8-17-7-3-4-10-11(14)5-2-6-12(10)17;/h2,5-6H,3-4,7-8,14H2,1H3;1H. The molecule has 0 unspecified atom stereocenters. The van der Waals surface area contributed by atoms with E-state index in [-0.39, 0.29) is 12.4 Å². The normalized spacial score (nSPS) is 13.8. The van der Waals surface area contributed by atoms with Gasteiger partial charge in [-0.3, -0.25) is 0 Å². The van der Waals surface area contributed by atoms with Crippen LogP contribution < -0.4 is 10.6 Å². The number of fused-ring (bicyclic) bond motifs is 1. The van der Waals surface area contributed by atoms with E-state index in [0.717, 1.165) is 25.1 Å². The number of nitrogens with two attached hydrogens (primary N) is 1. The fourth-order valence-corrected chi connectivity index (χ4v) is 2.46. The number of nitrogens with zero attached hydrogens (tertiary/aromatic N) is 3. The number of hydrogen-bond acceptors (Lipinski definition) is 5. The van der Waals surface area contributed by atoms with Crippen LogP contribution in [-0.4, -0.2) is 16.7 Å². The van der Waals surface area contributed by atoms with Crippen molar-refractivity contribution in [1.29, 1.82) is 0 Å². The van der Waals surface area contributed by atoms with Crippen LogP contribution in [0.15, 0.2) is 22.7 Å². The monoisotopic (exact) mass is 280 g/mol. The van der Waals surface area contributed by atoms with Gasteiger partial charge in [0.2, 0.25) is 5.89 Å². The number of anilines is 2. The second-order valence-corrected chi connectivity index (χ2v) is 4.61. The highest BCUT2D eigenvalue weighted by Gasteiger charge is 2.20. The summed E-state index contributed by atoms with van der Waals surface area (Å²) in [5, 5.41) is 3.82. The van der Waals surface area contributed by atoms with E-state index in [1.807, 2.05) is 19.1 Å². The van der Waals surface area contributed by atoms with Gasteiger partial charge in [-0.1, -0.05) is 11.2 Å². The summed E-state index contributed by atoms with van der Waals surface area (Å²) >= 11 is 0. The molecule has 5 nitrogen and oxygen atoms in total. The molecule has 0 saturated heterocycles. The molecule has 1 aromatic heterocycles. The van der Waals surface area contributed by atoms with Gasteiger partial charge in [0.1, 0.15) is 0 Å². The van der Waals surface area contributed by atoms with E-state index in [4.69, 9.17) is 10.3 Å². The molecule has 0 atom stereocenters. The smallest absolute Gasteiger partial charge is 0.246 e. The van der Waals surface area contributed by atoms with E-state index < -0.39 is 0 Å². The van der Waals surface area contributed by atoms with E-state index in [1.54, 1.807) is 0 Å². The second kappa shape index (κ2) is 5.48. The van der Waals surface area contributed by atoms with Crippen LogP contribution in [0.4, 0.5) is 11.4 Å². The molecule has 0 saturated carbocycles. The molecule has 0 fully saturated rings. The van der Waals surface area contributed by atoms with Crippen molar-refractivity contribution in [3.8, 4) is 0 Å². The molecule has 102 valence electrons. The van der Waals surface area contributed by atoms with E-state index in [2.05, 4.69) is 21.1 Å². The van der Waals surface area contributed by atoms with Crippen LogP contribution in [0.3, 0.4) is 0 Å². The maximum absolute atomic E-state index is 6.02. The zero-order valence-corrected chi connectivity index (χ0v) is 11.6. The quantitative estimate of drug-likeness (QED) is 0.855. The number of aromatic nitrogens is 2. The summed E-state index contributed by atoms with van der Waals surface area (Å²) in [5.41, 5.74) is 9.32. The maximum Gasteiger partial charge on any atom is 0.246 e. The average molecular weight is 281 g/mol. The summed E-state index contributed by atoms with van der Waals surface area (Å²) in [6, 6.07) is 6.05. The van der Waals surface area contributed by atoms with E-state index in [9.17, 15) is 0 Å². The maximum atomic E-state index is 6.02. The zero-order valence-electron chi connectivity index (χ0n) is 10.8. The Hall–Kier alpha value is -1.75. The van der Waals surface area contributed by atoms with Crippen molar-refractivity contribution in [2.75, 3.05) is 17.2 Å². The summed E-state index contributed by atoms with van der Waals surface area (Å²) < 4.78 is 5.18. The van der Waals surface area contributed by atoms with Crippen LogP contribution in [0.5, 0.6) is 0 Å². The van der Waals surface area contributed by atoms with Gasteiger partial charge in [-0.2, -0.15) is 4.98 Å². The lowest BCUT2D eigenvalue weighted by atomic mass is 10.00. The predicted octanol–water partition coefficient (Wildman–Crippen LogP) is 2.33. The Bertz CT molecular complexity index is 570. The van der Waals surface area contributed by atoms with Gasteiger partial charge in [0.05, 0.1) is 6.54 Å². The summed E-state index contributed by atoms with van der Waals surface area (Å²) in [6.07, 6.45) is 2.15. The van der Waals surface area contributed by atoms with Gasteiger partial charge in [0, 0.05) is 17.9 Å². The lowest BCUT2D eigenvalue weighted by Gasteiger charge is -2.30.